The summed E-state index contributed by atoms with van der Waals surface area (Å²) in [6.45, 7) is 1.67. The van der Waals surface area contributed by atoms with Gasteiger partial charge in [-0.3, -0.25) is 10.1 Å². The van der Waals surface area contributed by atoms with Crippen molar-refractivity contribution in [2.45, 2.75) is 6.92 Å². The molecule has 0 saturated heterocycles. The fourth-order valence-electron chi connectivity index (χ4n) is 1.29. The van der Waals surface area contributed by atoms with E-state index in [0.29, 0.717) is 0 Å². The third kappa shape index (κ3) is 3.17. The normalized spacial score (nSPS) is 9.61. The van der Waals surface area contributed by atoms with Crippen molar-refractivity contribution >= 4 is 23.4 Å². The molecule has 1 aromatic rings. The minimum absolute atomic E-state index is 0.0868. The van der Waals surface area contributed by atoms with Gasteiger partial charge in [0.1, 0.15) is 5.56 Å². The Hall–Kier alpha value is -2.64. The lowest BCUT2D eigenvalue weighted by molar-refractivity contribution is -0.385. The van der Waals surface area contributed by atoms with Gasteiger partial charge in [0, 0.05) is 11.8 Å². The molecule has 0 aliphatic heterocycles. The number of urea groups is 1. The molecule has 0 heterocycles. The number of nitro benzene ring substituents is 1. The molecule has 18 heavy (non-hydrogen) atoms. The summed E-state index contributed by atoms with van der Waals surface area (Å²) in [5.74, 6) is -0.836. The van der Waals surface area contributed by atoms with Gasteiger partial charge in [-0.25, -0.2) is 9.59 Å². The Balaban J connectivity index is 3.19. The van der Waals surface area contributed by atoms with Crippen molar-refractivity contribution in [3.8, 4) is 0 Å². The van der Waals surface area contributed by atoms with E-state index >= 15 is 0 Å². The number of carbonyl (C=O) groups excluding carboxylic acids is 2. The Morgan fingerprint density at radius 1 is 1.50 bits per heavy atom. The molecule has 8 heteroatoms. The summed E-state index contributed by atoms with van der Waals surface area (Å²) in [6, 6.07) is 2.67. The van der Waals surface area contributed by atoms with Crippen molar-refractivity contribution in [3.05, 3.63) is 33.9 Å². The van der Waals surface area contributed by atoms with Crippen molar-refractivity contribution in [3.63, 3.8) is 0 Å². The number of primary amides is 1. The van der Waals surface area contributed by atoms with Crippen LogP contribution < -0.4 is 11.1 Å². The predicted octanol–water partition coefficient (Wildman–Crippen LogP) is 1.26. The predicted molar refractivity (Wildman–Crippen MR) is 62.3 cm³/mol. The van der Waals surface area contributed by atoms with Crippen molar-refractivity contribution in [2.75, 3.05) is 11.9 Å². The van der Waals surface area contributed by atoms with Gasteiger partial charge in [-0.05, 0) is 19.1 Å². The zero-order chi connectivity index (χ0) is 13.7. The van der Waals surface area contributed by atoms with Gasteiger partial charge in [-0.1, -0.05) is 0 Å². The summed E-state index contributed by atoms with van der Waals surface area (Å²) in [5, 5.41) is 13.0. The first-order valence-corrected chi connectivity index (χ1v) is 4.97. The quantitative estimate of drug-likeness (QED) is 0.474. The zero-order valence-electron chi connectivity index (χ0n) is 9.50. The average Bonchev–Trinajstić information content (AvgIpc) is 2.28. The van der Waals surface area contributed by atoms with Gasteiger partial charge < -0.3 is 15.8 Å². The number of hydrogen-bond donors (Lipinski definition) is 2. The lowest BCUT2D eigenvalue weighted by atomic mass is 10.1. The number of carbonyl (C=O) groups is 2. The second-order valence-electron chi connectivity index (χ2n) is 3.20. The standard InChI is InChI=1S/C10H11N3O5/c1-2-18-9(14)7-5-6(12-10(11)15)3-4-8(7)13(16)17/h3-5H,2H2,1H3,(H3,11,12,15). The monoisotopic (exact) mass is 253 g/mol. The number of nitrogens with two attached hydrogens (primary N) is 1. The number of esters is 1. The first-order valence-electron chi connectivity index (χ1n) is 4.97. The molecule has 0 radical (unpaired) electrons. The number of nitro groups is 1. The van der Waals surface area contributed by atoms with Gasteiger partial charge in [0.25, 0.3) is 5.69 Å². The molecule has 1 aromatic carbocycles. The van der Waals surface area contributed by atoms with Crippen molar-refractivity contribution < 1.29 is 19.2 Å². The van der Waals surface area contributed by atoms with E-state index < -0.39 is 22.6 Å². The first-order chi connectivity index (χ1) is 8.45. The van der Waals surface area contributed by atoms with Crippen molar-refractivity contribution in [1.29, 1.82) is 0 Å². The van der Waals surface area contributed by atoms with Crippen LogP contribution in [-0.4, -0.2) is 23.5 Å². The average molecular weight is 253 g/mol. The van der Waals surface area contributed by atoms with Crippen LogP contribution in [0.15, 0.2) is 18.2 Å². The highest BCUT2D eigenvalue weighted by Gasteiger charge is 2.21. The molecule has 0 saturated carbocycles. The highest BCUT2D eigenvalue weighted by atomic mass is 16.6. The molecular weight excluding hydrogens is 242 g/mol. The van der Waals surface area contributed by atoms with E-state index in [4.69, 9.17) is 10.5 Å². The SMILES string of the molecule is CCOC(=O)c1cc(NC(N)=O)ccc1[N+](=O)[O-]. The maximum absolute atomic E-state index is 11.5. The van der Waals surface area contributed by atoms with Crippen LogP contribution in [0.2, 0.25) is 0 Å². The molecule has 2 amide bonds. The third-order valence-electron chi connectivity index (χ3n) is 1.96. The molecule has 0 atom stereocenters. The van der Waals surface area contributed by atoms with Gasteiger partial charge in [-0.15, -0.1) is 0 Å². The molecule has 3 N–H and O–H groups in total. The number of hydrogen-bond acceptors (Lipinski definition) is 5. The Morgan fingerprint density at radius 2 is 2.17 bits per heavy atom. The van der Waals surface area contributed by atoms with Crippen molar-refractivity contribution in [2.24, 2.45) is 5.73 Å². The van der Waals surface area contributed by atoms with Crippen LogP contribution in [0.1, 0.15) is 17.3 Å². The van der Waals surface area contributed by atoms with Gasteiger partial charge in [0.05, 0.1) is 11.5 Å². The van der Waals surface area contributed by atoms with Crippen LogP contribution in [0.5, 0.6) is 0 Å². The first kappa shape index (κ1) is 13.4. The van der Waals surface area contributed by atoms with E-state index in [1.54, 1.807) is 6.92 Å². The van der Waals surface area contributed by atoms with E-state index in [2.05, 4.69) is 5.32 Å². The number of ether oxygens (including phenoxy) is 1. The van der Waals surface area contributed by atoms with Gasteiger partial charge >= 0.3 is 12.0 Å². The zero-order valence-corrected chi connectivity index (χ0v) is 9.50. The minimum atomic E-state index is -0.836. The lowest BCUT2D eigenvalue weighted by Gasteiger charge is -2.06. The van der Waals surface area contributed by atoms with Crippen LogP contribution in [0.3, 0.4) is 0 Å². The maximum atomic E-state index is 11.5. The Kier molecular flexibility index (Phi) is 4.19. The van der Waals surface area contributed by atoms with Gasteiger partial charge in [0.15, 0.2) is 0 Å². The number of nitrogens with one attached hydrogen (secondary N) is 1. The number of anilines is 1. The molecule has 8 nitrogen and oxygen atoms in total. The van der Waals surface area contributed by atoms with E-state index in [-0.39, 0.29) is 17.9 Å². The number of rotatable bonds is 4. The Labute approximate surface area is 102 Å². The number of benzene rings is 1. The smallest absolute Gasteiger partial charge is 0.345 e. The van der Waals surface area contributed by atoms with Crippen LogP contribution >= 0.6 is 0 Å². The number of amides is 2. The molecular formula is C10H11N3O5. The second kappa shape index (κ2) is 5.62. The Bertz CT molecular complexity index is 500. The minimum Gasteiger partial charge on any atom is -0.462 e. The van der Waals surface area contributed by atoms with Crippen LogP contribution in [-0.2, 0) is 4.74 Å². The summed E-state index contributed by atoms with van der Waals surface area (Å²) < 4.78 is 4.69. The maximum Gasteiger partial charge on any atom is 0.345 e. The van der Waals surface area contributed by atoms with Crippen LogP contribution in [0, 0.1) is 10.1 Å². The molecule has 0 aliphatic carbocycles. The largest absolute Gasteiger partial charge is 0.462 e. The van der Waals surface area contributed by atoms with E-state index in [0.717, 1.165) is 12.1 Å². The molecule has 0 bridgehead atoms. The fraction of sp³-hybridized carbons (Fsp3) is 0.200. The summed E-state index contributed by atoms with van der Waals surface area (Å²) in [5.41, 5.74) is 4.44. The molecule has 0 fully saturated rings. The highest BCUT2D eigenvalue weighted by Crippen LogP contribution is 2.23. The molecule has 0 unspecified atom stereocenters. The highest BCUT2D eigenvalue weighted by molar-refractivity contribution is 5.97. The lowest BCUT2D eigenvalue weighted by Crippen LogP contribution is -2.19. The van der Waals surface area contributed by atoms with E-state index in [1.807, 2.05) is 0 Å². The van der Waals surface area contributed by atoms with E-state index in [9.17, 15) is 19.7 Å². The van der Waals surface area contributed by atoms with Gasteiger partial charge in [0.2, 0.25) is 0 Å². The summed E-state index contributed by atoms with van der Waals surface area (Å²) in [4.78, 5) is 32.2. The van der Waals surface area contributed by atoms with Crippen LogP contribution in [0.25, 0.3) is 0 Å². The fourth-order valence-corrected chi connectivity index (χ4v) is 1.29. The topological polar surface area (TPSA) is 125 Å². The van der Waals surface area contributed by atoms with E-state index in [1.165, 1.54) is 6.07 Å². The Morgan fingerprint density at radius 3 is 2.67 bits per heavy atom. The molecule has 0 aliphatic rings. The molecule has 0 spiro atoms. The second-order valence-corrected chi connectivity index (χ2v) is 3.20. The third-order valence-corrected chi connectivity index (χ3v) is 1.96. The molecule has 96 valence electrons. The summed E-state index contributed by atoms with van der Waals surface area (Å²) >= 11 is 0. The van der Waals surface area contributed by atoms with Crippen molar-refractivity contribution in [1.82, 2.24) is 0 Å². The summed E-state index contributed by atoms with van der Waals surface area (Å²) in [6.07, 6.45) is 0. The molecule has 1 rings (SSSR count). The molecule has 0 aromatic heterocycles. The summed E-state index contributed by atoms with van der Waals surface area (Å²) in [7, 11) is 0. The number of nitrogens with zero attached hydrogens (tertiary/aromatic N) is 1. The van der Waals surface area contributed by atoms with Gasteiger partial charge in [-0.2, -0.15) is 0 Å². The van der Waals surface area contributed by atoms with Crippen LogP contribution in [0.4, 0.5) is 16.2 Å².